The van der Waals surface area contributed by atoms with Crippen LogP contribution in [0.25, 0.3) is 0 Å². The molecule has 16 heavy (non-hydrogen) atoms. The Bertz CT molecular complexity index is 342. The van der Waals surface area contributed by atoms with Gasteiger partial charge in [0, 0.05) is 6.54 Å². The number of ether oxygens (including phenoxy) is 1. The predicted octanol–water partition coefficient (Wildman–Crippen LogP) is 2.24. The molecule has 0 spiro atoms. The van der Waals surface area contributed by atoms with E-state index in [0.717, 1.165) is 24.5 Å². The van der Waals surface area contributed by atoms with Crippen LogP contribution in [0.4, 0.5) is 5.69 Å². The molecule has 0 aromatic heterocycles. The van der Waals surface area contributed by atoms with Gasteiger partial charge in [0.1, 0.15) is 5.75 Å². The molecule has 3 heteroatoms. The lowest BCUT2D eigenvalue weighted by Crippen LogP contribution is -2.42. The summed E-state index contributed by atoms with van der Waals surface area (Å²) in [5.74, 6) is 0.897. The van der Waals surface area contributed by atoms with E-state index in [1.807, 2.05) is 24.3 Å². The molecule has 0 heterocycles. The summed E-state index contributed by atoms with van der Waals surface area (Å²) in [5.41, 5.74) is 7.21. The fraction of sp³-hybridized carbons (Fsp3) is 0.538. The molecule has 1 aromatic rings. The molecule has 0 amide bonds. The average Bonchev–Trinajstić information content (AvgIpc) is 2.29. The van der Waals surface area contributed by atoms with Crippen LogP contribution in [-0.4, -0.2) is 20.2 Å². The Morgan fingerprint density at radius 1 is 1.38 bits per heavy atom. The summed E-state index contributed by atoms with van der Waals surface area (Å²) in [6, 6.07) is 8.01. The smallest absolute Gasteiger partial charge is 0.141 e. The summed E-state index contributed by atoms with van der Waals surface area (Å²) in [7, 11) is 1.70. The van der Waals surface area contributed by atoms with Gasteiger partial charge in [0.25, 0.3) is 0 Å². The van der Waals surface area contributed by atoms with Gasteiger partial charge in [0.05, 0.1) is 12.8 Å². The average molecular weight is 220 g/mol. The quantitative estimate of drug-likeness (QED) is 0.800. The van der Waals surface area contributed by atoms with Gasteiger partial charge in [-0.25, -0.2) is 0 Å². The first-order valence-electron chi connectivity index (χ1n) is 5.87. The van der Waals surface area contributed by atoms with Crippen LogP contribution >= 0.6 is 0 Å². The van der Waals surface area contributed by atoms with Crippen molar-refractivity contribution in [1.29, 1.82) is 0 Å². The number of nitrogens with one attached hydrogen (secondary N) is 1. The minimum Gasteiger partial charge on any atom is -0.495 e. The minimum absolute atomic E-state index is 0.320. The Balaban J connectivity index is 1.98. The molecule has 1 aliphatic rings. The van der Waals surface area contributed by atoms with E-state index in [4.69, 9.17) is 10.5 Å². The van der Waals surface area contributed by atoms with E-state index in [1.54, 1.807) is 7.11 Å². The molecule has 3 N–H and O–H groups in total. The van der Waals surface area contributed by atoms with Crippen LogP contribution in [0, 0.1) is 5.41 Å². The number of anilines is 1. The van der Waals surface area contributed by atoms with Gasteiger partial charge in [-0.1, -0.05) is 18.6 Å². The lowest BCUT2D eigenvalue weighted by molar-refractivity contribution is 0.163. The molecule has 2 rings (SSSR count). The van der Waals surface area contributed by atoms with Gasteiger partial charge in [-0.05, 0) is 36.9 Å². The van der Waals surface area contributed by atoms with Crippen LogP contribution in [0.1, 0.15) is 19.3 Å². The lowest BCUT2D eigenvalue weighted by Gasteiger charge is -2.41. The van der Waals surface area contributed by atoms with E-state index >= 15 is 0 Å². The predicted molar refractivity (Wildman–Crippen MR) is 66.8 cm³/mol. The van der Waals surface area contributed by atoms with Gasteiger partial charge in [-0.15, -0.1) is 0 Å². The molecule has 1 aliphatic carbocycles. The van der Waals surface area contributed by atoms with E-state index in [1.165, 1.54) is 19.3 Å². The minimum atomic E-state index is 0.320. The molecule has 1 fully saturated rings. The summed E-state index contributed by atoms with van der Waals surface area (Å²) in [5, 5.41) is 3.45. The molecule has 0 atom stereocenters. The van der Waals surface area contributed by atoms with E-state index in [9.17, 15) is 0 Å². The Kier molecular flexibility index (Phi) is 3.34. The standard InChI is InChI=1S/C13H20N2O/c1-16-12-6-3-2-5-11(12)15-10-13(9-14)7-4-8-13/h2-3,5-6,15H,4,7-10,14H2,1H3. The Morgan fingerprint density at radius 3 is 2.69 bits per heavy atom. The van der Waals surface area contributed by atoms with Crippen LogP contribution in [0.2, 0.25) is 0 Å². The maximum Gasteiger partial charge on any atom is 0.141 e. The summed E-state index contributed by atoms with van der Waals surface area (Å²) in [6.07, 6.45) is 3.79. The number of para-hydroxylation sites is 2. The Hall–Kier alpha value is -1.22. The van der Waals surface area contributed by atoms with Crippen LogP contribution in [-0.2, 0) is 0 Å². The maximum absolute atomic E-state index is 5.83. The monoisotopic (exact) mass is 220 g/mol. The van der Waals surface area contributed by atoms with Crippen molar-refractivity contribution in [3.8, 4) is 5.75 Å². The Labute approximate surface area is 97.0 Å². The highest BCUT2D eigenvalue weighted by Gasteiger charge is 2.35. The fourth-order valence-electron chi connectivity index (χ4n) is 2.20. The first-order valence-corrected chi connectivity index (χ1v) is 5.87. The number of methoxy groups -OCH3 is 1. The van der Waals surface area contributed by atoms with E-state index in [-0.39, 0.29) is 0 Å². The van der Waals surface area contributed by atoms with Gasteiger partial charge >= 0.3 is 0 Å². The van der Waals surface area contributed by atoms with Crippen LogP contribution < -0.4 is 15.8 Å². The normalized spacial score (nSPS) is 17.6. The Morgan fingerprint density at radius 2 is 2.12 bits per heavy atom. The van der Waals surface area contributed by atoms with E-state index in [0.29, 0.717) is 5.41 Å². The van der Waals surface area contributed by atoms with Gasteiger partial charge in [-0.3, -0.25) is 0 Å². The first kappa shape index (κ1) is 11.3. The molecule has 1 saturated carbocycles. The summed E-state index contributed by atoms with van der Waals surface area (Å²) >= 11 is 0. The molecule has 1 aromatic carbocycles. The zero-order valence-electron chi connectivity index (χ0n) is 9.83. The number of nitrogens with two attached hydrogens (primary N) is 1. The molecule has 0 aliphatic heterocycles. The number of hydrogen-bond donors (Lipinski definition) is 2. The van der Waals surface area contributed by atoms with Gasteiger partial charge in [0.2, 0.25) is 0 Å². The van der Waals surface area contributed by atoms with Crippen molar-refractivity contribution in [2.45, 2.75) is 19.3 Å². The zero-order chi connectivity index (χ0) is 11.4. The molecule has 88 valence electrons. The highest BCUT2D eigenvalue weighted by molar-refractivity contribution is 5.56. The summed E-state index contributed by atoms with van der Waals surface area (Å²) in [4.78, 5) is 0. The molecule has 3 nitrogen and oxygen atoms in total. The van der Waals surface area contributed by atoms with Gasteiger partial charge in [-0.2, -0.15) is 0 Å². The van der Waals surface area contributed by atoms with Crippen molar-refractivity contribution < 1.29 is 4.74 Å². The third kappa shape index (κ3) is 2.14. The number of benzene rings is 1. The molecule has 0 radical (unpaired) electrons. The molecular formula is C13H20N2O. The van der Waals surface area contributed by atoms with Crippen molar-refractivity contribution in [2.24, 2.45) is 11.1 Å². The molecule has 0 unspecified atom stereocenters. The van der Waals surface area contributed by atoms with Crippen molar-refractivity contribution in [2.75, 3.05) is 25.5 Å². The molecule has 0 saturated heterocycles. The van der Waals surface area contributed by atoms with Crippen LogP contribution in [0.15, 0.2) is 24.3 Å². The van der Waals surface area contributed by atoms with E-state index in [2.05, 4.69) is 5.32 Å². The first-order chi connectivity index (χ1) is 7.79. The van der Waals surface area contributed by atoms with Crippen molar-refractivity contribution in [1.82, 2.24) is 0 Å². The van der Waals surface area contributed by atoms with Crippen LogP contribution in [0.5, 0.6) is 5.75 Å². The fourth-order valence-corrected chi connectivity index (χ4v) is 2.20. The second kappa shape index (κ2) is 4.74. The van der Waals surface area contributed by atoms with Crippen LogP contribution in [0.3, 0.4) is 0 Å². The second-order valence-electron chi connectivity index (χ2n) is 4.61. The van der Waals surface area contributed by atoms with Gasteiger partial charge < -0.3 is 15.8 Å². The highest BCUT2D eigenvalue weighted by atomic mass is 16.5. The number of rotatable bonds is 5. The molecule has 0 bridgehead atoms. The largest absolute Gasteiger partial charge is 0.495 e. The summed E-state index contributed by atoms with van der Waals surface area (Å²) in [6.45, 7) is 1.72. The SMILES string of the molecule is COc1ccccc1NCC1(CN)CCC1. The highest BCUT2D eigenvalue weighted by Crippen LogP contribution is 2.40. The maximum atomic E-state index is 5.83. The molecular weight excluding hydrogens is 200 g/mol. The van der Waals surface area contributed by atoms with Crippen molar-refractivity contribution in [3.63, 3.8) is 0 Å². The van der Waals surface area contributed by atoms with Crippen molar-refractivity contribution in [3.05, 3.63) is 24.3 Å². The zero-order valence-corrected chi connectivity index (χ0v) is 9.83. The third-order valence-electron chi connectivity index (χ3n) is 3.61. The topological polar surface area (TPSA) is 47.3 Å². The van der Waals surface area contributed by atoms with Gasteiger partial charge in [0.15, 0.2) is 0 Å². The van der Waals surface area contributed by atoms with Crippen molar-refractivity contribution >= 4 is 5.69 Å². The van der Waals surface area contributed by atoms with E-state index < -0.39 is 0 Å². The number of hydrogen-bond acceptors (Lipinski definition) is 3. The lowest BCUT2D eigenvalue weighted by atomic mass is 9.69. The summed E-state index contributed by atoms with van der Waals surface area (Å²) < 4.78 is 5.30. The second-order valence-corrected chi connectivity index (χ2v) is 4.61. The third-order valence-corrected chi connectivity index (χ3v) is 3.61.